The fourth-order valence-electron chi connectivity index (χ4n) is 1.48. The highest BCUT2D eigenvalue weighted by Crippen LogP contribution is 2.23. The summed E-state index contributed by atoms with van der Waals surface area (Å²) in [6.07, 6.45) is 0.494. The van der Waals surface area contributed by atoms with E-state index in [0.717, 1.165) is 16.7 Å². The molecule has 0 spiro atoms. The Bertz CT molecular complexity index is 433. The van der Waals surface area contributed by atoms with Gasteiger partial charge in [0.2, 0.25) is 0 Å². The molecule has 2 heteroatoms. The lowest BCUT2D eigenvalue weighted by atomic mass is 9.85. The highest BCUT2D eigenvalue weighted by Gasteiger charge is 2.24. The normalized spacial score (nSPS) is 10.5. The maximum absolute atomic E-state index is 8.93. The van der Waals surface area contributed by atoms with E-state index in [-0.39, 0.29) is 0 Å². The molecule has 0 heterocycles. The Balaban J connectivity index is 3.06. The van der Waals surface area contributed by atoms with Crippen LogP contribution in [0, 0.1) is 41.9 Å². The van der Waals surface area contributed by atoms with E-state index in [2.05, 4.69) is 12.1 Å². The summed E-state index contributed by atoms with van der Waals surface area (Å²) < 4.78 is 0. The highest BCUT2D eigenvalue weighted by molar-refractivity contribution is 5.33. The van der Waals surface area contributed by atoms with Crippen LogP contribution in [0.25, 0.3) is 0 Å². The van der Waals surface area contributed by atoms with Crippen molar-refractivity contribution in [2.24, 2.45) is 5.41 Å². The molecule has 0 atom stereocenters. The van der Waals surface area contributed by atoms with Crippen molar-refractivity contribution in [3.8, 4) is 12.1 Å². The second-order valence-corrected chi connectivity index (χ2v) is 4.16. The van der Waals surface area contributed by atoms with Gasteiger partial charge in [0.15, 0.2) is 0 Å². The van der Waals surface area contributed by atoms with Crippen LogP contribution in [0.3, 0.4) is 0 Å². The minimum atomic E-state index is -0.918. The summed E-state index contributed by atoms with van der Waals surface area (Å²) in [4.78, 5) is 0. The summed E-state index contributed by atoms with van der Waals surface area (Å²) in [5.41, 5.74) is 2.46. The van der Waals surface area contributed by atoms with Crippen LogP contribution in [0.5, 0.6) is 0 Å². The Morgan fingerprint density at radius 1 is 1.20 bits per heavy atom. The van der Waals surface area contributed by atoms with Crippen LogP contribution in [-0.2, 0) is 6.42 Å². The smallest absolute Gasteiger partial charge is 0.145 e. The average Bonchev–Trinajstić information content (AvgIpc) is 2.23. The van der Waals surface area contributed by atoms with Gasteiger partial charge in [-0.15, -0.1) is 0 Å². The molecule has 0 aliphatic carbocycles. The molecule has 0 aliphatic heterocycles. The second-order valence-electron chi connectivity index (χ2n) is 4.16. The predicted molar refractivity (Wildman–Crippen MR) is 59.0 cm³/mol. The first-order chi connectivity index (χ1) is 7.00. The van der Waals surface area contributed by atoms with E-state index < -0.39 is 5.41 Å². The fourth-order valence-corrected chi connectivity index (χ4v) is 1.48. The van der Waals surface area contributed by atoms with Gasteiger partial charge in [-0.3, -0.25) is 0 Å². The second kappa shape index (κ2) is 4.15. The number of hydrogen-bond donors (Lipinski definition) is 0. The van der Waals surface area contributed by atoms with Crippen molar-refractivity contribution in [3.05, 3.63) is 34.9 Å². The van der Waals surface area contributed by atoms with E-state index >= 15 is 0 Å². The Morgan fingerprint density at radius 3 is 2.33 bits per heavy atom. The van der Waals surface area contributed by atoms with Crippen LogP contribution >= 0.6 is 0 Å². The minimum Gasteiger partial charge on any atom is -0.197 e. The van der Waals surface area contributed by atoms with Gasteiger partial charge in [-0.2, -0.15) is 10.5 Å². The van der Waals surface area contributed by atoms with Crippen molar-refractivity contribution >= 4 is 0 Å². The van der Waals surface area contributed by atoms with Gasteiger partial charge in [0.1, 0.15) is 5.41 Å². The van der Waals surface area contributed by atoms with Crippen LogP contribution in [0.4, 0.5) is 0 Å². The van der Waals surface area contributed by atoms with Crippen molar-refractivity contribution in [1.29, 1.82) is 10.5 Å². The van der Waals surface area contributed by atoms with Crippen molar-refractivity contribution in [2.45, 2.75) is 27.2 Å². The van der Waals surface area contributed by atoms with Crippen molar-refractivity contribution in [2.75, 3.05) is 0 Å². The summed E-state index contributed by atoms with van der Waals surface area (Å²) >= 11 is 0. The van der Waals surface area contributed by atoms with E-state index in [4.69, 9.17) is 10.5 Å². The summed E-state index contributed by atoms with van der Waals surface area (Å²) in [6, 6.07) is 10.2. The topological polar surface area (TPSA) is 47.6 Å². The maximum atomic E-state index is 8.93. The van der Waals surface area contributed by atoms with E-state index in [1.54, 1.807) is 6.92 Å². The van der Waals surface area contributed by atoms with E-state index in [0.29, 0.717) is 6.42 Å². The summed E-state index contributed by atoms with van der Waals surface area (Å²) in [6.45, 7) is 5.69. The molecule has 0 aromatic heterocycles. The van der Waals surface area contributed by atoms with Crippen LogP contribution in [0.2, 0.25) is 0 Å². The van der Waals surface area contributed by atoms with Crippen molar-refractivity contribution in [3.63, 3.8) is 0 Å². The fraction of sp³-hybridized carbons (Fsp3) is 0.385. The van der Waals surface area contributed by atoms with Crippen molar-refractivity contribution < 1.29 is 0 Å². The number of aryl methyl sites for hydroxylation is 2. The van der Waals surface area contributed by atoms with E-state index in [9.17, 15) is 0 Å². The molecular formula is C13H14N2. The Hall–Kier alpha value is -1.80. The third-order valence-corrected chi connectivity index (χ3v) is 2.54. The average molecular weight is 198 g/mol. The number of rotatable bonds is 2. The molecule has 0 unspecified atom stereocenters. The quantitative estimate of drug-likeness (QED) is 0.733. The lowest BCUT2D eigenvalue weighted by Crippen LogP contribution is -2.15. The number of hydrogen-bond acceptors (Lipinski definition) is 2. The van der Waals surface area contributed by atoms with Crippen LogP contribution < -0.4 is 0 Å². The molecule has 0 aliphatic rings. The van der Waals surface area contributed by atoms with E-state index in [1.165, 1.54) is 0 Å². The zero-order chi connectivity index (χ0) is 11.5. The van der Waals surface area contributed by atoms with Gasteiger partial charge in [0, 0.05) is 6.42 Å². The molecule has 1 aromatic rings. The Labute approximate surface area is 90.8 Å². The maximum Gasteiger partial charge on any atom is 0.145 e. The highest BCUT2D eigenvalue weighted by atomic mass is 14.4. The monoisotopic (exact) mass is 198 g/mol. The molecule has 2 nitrogen and oxygen atoms in total. The molecule has 1 aromatic carbocycles. The van der Waals surface area contributed by atoms with Gasteiger partial charge in [0.25, 0.3) is 0 Å². The van der Waals surface area contributed by atoms with Gasteiger partial charge in [-0.1, -0.05) is 23.8 Å². The standard InChI is InChI=1S/C13H14N2/c1-10-4-5-11(2)12(6-10)7-13(3,8-14)9-15/h4-6H,7H2,1-3H3. The molecule has 0 saturated carbocycles. The van der Waals surface area contributed by atoms with Gasteiger partial charge in [-0.25, -0.2) is 0 Å². The number of nitriles is 2. The van der Waals surface area contributed by atoms with Crippen LogP contribution in [0.15, 0.2) is 18.2 Å². The molecule has 15 heavy (non-hydrogen) atoms. The van der Waals surface area contributed by atoms with Crippen molar-refractivity contribution in [1.82, 2.24) is 0 Å². The Kier molecular flexibility index (Phi) is 3.12. The lowest BCUT2D eigenvalue weighted by Gasteiger charge is -2.14. The lowest BCUT2D eigenvalue weighted by molar-refractivity contribution is 0.579. The molecular weight excluding hydrogens is 184 g/mol. The van der Waals surface area contributed by atoms with Crippen LogP contribution in [0.1, 0.15) is 23.6 Å². The third-order valence-electron chi connectivity index (χ3n) is 2.54. The third kappa shape index (κ3) is 2.58. The molecule has 0 amide bonds. The zero-order valence-electron chi connectivity index (χ0n) is 9.33. The van der Waals surface area contributed by atoms with E-state index in [1.807, 2.05) is 32.0 Å². The first-order valence-electron chi connectivity index (χ1n) is 4.89. The SMILES string of the molecule is Cc1ccc(C)c(CC(C)(C#N)C#N)c1. The largest absolute Gasteiger partial charge is 0.197 e. The molecule has 0 N–H and O–H groups in total. The van der Waals surface area contributed by atoms with Crippen LogP contribution in [-0.4, -0.2) is 0 Å². The molecule has 0 fully saturated rings. The Morgan fingerprint density at radius 2 is 1.80 bits per heavy atom. The van der Waals surface area contributed by atoms with Gasteiger partial charge in [0.05, 0.1) is 12.1 Å². The molecule has 0 radical (unpaired) electrons. The molecule has 0 saturated heterocycles. The minimum absolute atomic E-state index is 0.494. The van der Waals surface area contributed by atoms with Gasteiger partial charge < -0.3 is 0 Å². The first kappa shape index (κ1) is 11.3. The molecule has 76 valence electrons. The summed E-state index contributed by atoms with van der Waals surface area (Å²) in [5, 5.41) is 17.9. The van der Waals surface area contributed by atoms with Gasteiger partial charge >= 0.3 is 0 Å². The molecule has 0 bridgehead atoms. The van der Waals surface area contributed by atoms with Gasteiger partial charge in [-0.05, 0) is 31.9 Å². The molecule has 1 rings (SSSR count). The summed E-state index contributed by atoms with van der Waals surface area (Å²) in [7, 11) is 0. The predicted octanol–water partition coefficient (Wildman–Crippen LogP) is 2.90. The number of benzene rings is 1. The number of nitrogens with zero attached hydrogens (tertiary/aromatic N) is 2. The summed E-state index contributed by atoms with van der Waals surface area (Å²) in [5.74, 6) is 0. The zero-order valence-corrected chi connectivity index (χ0v) is 9.33. The first-order valence-corrected chi connectivity index (χ1v) is 4.89.